The highest BCUT2D eigenvalue weighted by Crippen LogP contribution is 2.31. The Kier molecular flexibility index (Phi) is 12.9. The molecule has 3 aromatic rings. The summed E-state index contributed by atoms with van der Waals surface area (Å²) in [5.74, 6) is 0.378. The minimum absolute atomic E-state index is 0.193. The summed E-state index contributed by atoms with van der Waals surface area (Å²) in [6, 6.07) is 24.9. The zero-order chi connectivity index (χ0) is 32.0. The van der Waals surface area contributed by atoms with Gasteiger partial charge >= 0.3 is 5.97 Å². The van der Waals surface area contributed by atoms with Gasteiger partial charge in [-0.15, -0.1) is 0 Å². The number of aliphatic hydroxyl groups excluding tert-OH is 3. The maximum Gasteiger partial charge on any atom is 0.330 e. The number of ether oxygens (including phenoxy) is 5. The number of esters is 1. The quantitative estimate of drug-likeness (QED) is 0.126. The highest BCUT2D eigenvalue weighted by molar-refractivity contribution is 5.87. The van der Waals surface area contributed by atoms with Gasteiger partial charge in [-0.05, 0) is 48.2 Å². The van der Waals surface area contributed by atoms with Crippen molar-refractivity contribution in [2.75, 3.05) is 13.2 Å². The lowest BCUT2D eigenvalue weighted by molar-refractivity contribution is -0.301. The monoisotopic (exact) mass is 616 g/mol. The molecule has 1 fully saturated rings. The van der Waals surface area contributed by atoms with Crippen molar-refractivity contribution in [3.63, 3.8) is 0 Å². The fourth-order valence-electron chi connectivity index (χ4n) is 4.56. The smallest absolute Gasteiger partial charge is 0.330 e. The van der Waals surface area contributed by atoms with Gasteiger partial charge in [0.15, 0.2) is 17.8 Å². The first kappa shape index (κ1) is 33.6. The summed E-state index contributed by atoms with van der Waals surface area (Å²) < 4.78 is 28.7. The first-order valence-electron chi connectivity index (χ1n) is 14.8. The fraction of sp³-hybridized carbons (Fsp3) is 0.306. The molecule has 1 heterocycles. The van der Waals surface area contributed by atoms with Gasteiger partial charge in [-0.3, -0.25) is 0 Å². The van der Waals surface area contributed by atoms with Crippen LogP contribution in [0.1, 0.15) is 30.0 Å². The Hall–Kier alpha value is -4.25. The Morgan fingerprint density at radius 3 is 2.13 bits per heavy atom. The molecule has 238 valence electrons. The van der Waals surface area contributed by atoms with Crippen molar-refractivity contribution in [2.45, 2.75) is 57.3 Å². The van der Waals surface area contributed by atoms with Crippen LogP contribution in [0.4, 0.5) is 0 Å². The summed E-state index contributed by atoms with van der Waals surface area (Å²) in [6.07, 6.45) is 0.107. The standard InChI is InChI=1S/C36H40O9/c1-3-25(4-2)19-20-41-36-35(40)34(39)33(38)31(45-36)24-44-32(37)18-16-26-15-17-29(42-22-27-11-7-5-8-12-27)30(21-26)43-23-28-13-9-6-10-14-28/h3-18,21,31,33-36,38-40H,1,19-20,22-24H2,2H3/b18-16+,25-4+. The summed E-state index contributed by atoms with van der Waals surface area (Å²) in [4.78, 5) is 12.6. The van der Waals surface area contributed by atoms with Crippen molar-refractivity contribution in [3.05, 3.63) is 126 Å². The van der Waals surface area contributed by atoms with Crippen LogP contribution in [0.3, 0.4) is 0 Å². The minimum Gasteiger partial charge on any atom is -0.485 e. The SMILES string of the molecule is C=C/C(=C\C)CCOC1OC(COC(=O)/C=C/c2ccc(OCc3ccccc3)c(OCc3ccccc3)c2)C(O)C(O)C1O. The summed E-state index contributed by atoms with van der Waals surface area (Å²) in [5, 5.41) is 31.0. The molecule has 0 spiro atoms. The Bertz CT molecular complexity index is 1420. The third-order valence-corrected chi connectivity index (χ3v) is 7.22. The van der Waals surface area contributed by atoms with E-state index in [1.54, 1.807) is 30.4 Å². The number of aliphatic hydroxyl groups is 3. The van der Waals surface area contributed by atoms with Gasteiger partial charge < -0.3 is 39.0 Å². The average Bonchev–Trinajstić information content (AvgIpc) is 3.08. The van der Waals surface area contributed by atoms with Gasteiger partial charge in [0.05, 0.1) is 6.61 Å². The Labute approximate surface area is 263 Å². The molecule has 9 heteroatoms. The van der Waals surface area contributed by atoms with Crippen molar-refractivity contribution in [2.24, 2.45) is 0 Å². The molecule has 1 saturated heterocycles. The topological polar surface area (TPSA) is 124 Å². The van der Waals surface area contributed by atoms with E-state index in [9.17, 15) is 20.1 Å². The first-order chi connectivity index (χ1) is 21.9. The second-order valence-corrected chi connectivity index (χ2v) is 10.4. The fourth-order valence-corrected chi connectivity index (χ4v) is 4.56. The summed E-state index contributed by atoms with van der Waals surface area (Å²) in [5.41, 5.74) is 3.62. The van der Waals surface area contributed by atoms with Crippen molar-refractivity contribution in [1.82, 2.24) is 0 Å². The van der Waals surface area contributed by atoms with Crippen LogP contribution in [-0.4, -0.2) is 65.2 Å². The van der Waals surface area contributed by atoms with E-state index in [4.69, 9.17) is 23.7 Å². The lowest BCUT2D eigenvalue weighted by atomic mass is 9.99. The lowest BCUT2D eigenvalue weighted by Gasteiger charge is -2.39. The number of benzene rings is 3. The molecule has 3 aromatic carbocycles. The van der Waals surface area contributed by atoms with Gasteiger partial charge in [0.1, 0.15) is 44.2 Å². The predicted molar refractivity (Wildman–Crippen MR) is 169 cm³/mol. The molecule has 1 aliphatic rings. The van der Waals surface area contributed by atoms with E-state index in [-0.39, 0.29) is 13.2 Å². The molecular weight excluding hydrogens is 576 g/mol. The summed E-state index contributed by atoms with van der Waals surface area (Å²) in [6.45, 7) is 6.12. The van der Waals surface area contributed by atoms with E-state index in [1.807, 2.05) is 73.7 Å². The summed E-state index contributed by atoms with van der Waals surface area (Å²) in [7, 11) is 0. The molecule has 5 atom stereocenters. The molecule has 45 heavy (non-hydrogen) atoms. The van der Waals surface area contributed by atoms with E-state index in [0.717, 1.165) is 16.7 Å². The maximum absolute atomic E-state index is 12.6. The number of hydrogen-bond donors (Lipinski definition) is 3. The third-order valence-electron chi connectivity index (χ3n) is 7.22. The van der Waals surface area contributed by atoms with E-state index in [0.29, 0.717) is 36.7 Å². The number of allylic oxidation sites excluding steroid dienone is 2. The second-order valence-electron chi connectivity index (χ2n) is 10.4. The number of carbonyl (C=O) groups excluding carboxylic acids is 1. The van der Waals surface area contributed by atoms with Crippen LogP contribution in [-0.2, 0) is 32.2 Å². The van der Waals surface area contributed by atoms with Crippen LogP contribution in [0.5, 0.6) is 11.5 Å². The van der Waals surface area contributed by atoms with Gasteiger partial charge in [0.2, 0.25) is 0 Å². The number of hydrogen-bond acceptors (Lipinski definition) is 9. The molecule has 0 bridgehead atoms. The molecule has 0 amide bonds. The molecule has 5 unspecified atom stereocenters. The molecular formula is C36H40O9. The normalized spacial score (nSPS) is 21.8. The van der Waals surface area contributed by atoms with Crippen molar-refractivity contribution in [3.8, 4) is 11.5 Å². The molecule has 1 aliphatic heterocycles. The highest BCUT2D eigenvalue weighted by Gasteiger charge is 2.44. The van der Waals surface area contributed by atoms with Crippen LogP contribution in [0.15, 0.2) is 109 Å². The molecule has 4 rings (SSSR count). The van der Waals surface area contributed by atoms with Gasteiger partial charge in [-0.2, -0.15) is 0 Å². The van der Waals surface area contributed by atoms with Crippen molar-refractivity contribution in [1.29, 1.82) is 0 Å². The first-order valence-corrected chi connectivity index (χ1v) is 14.8. The Morgan fingerprint density at radius 1 is 0.867 bits per heavy atom. The second kappa shape index (κ2) is 17.3. The lowest BCUT2D eigenvalue weighted by Crippen LogP contribution is -2.59. The highest BCUT2D eigenvalue weighted by atomic mass is 16.7. The number of carbonyl (C=O) groups is 1. The van der Waals surface area contributed by atoms with E-state index < -0.39 is 36.7 Å². The van der Waals surface area contributed by atoms with E-state index in [2.05, 4.69) is 6.58 Å². The largest absolute Gasteiger partial charge is 0.485 e. The molecule has 0 aromatic heterocycles. The van der Waals surface area contributed by atoms with Crippen LogP contribution in [0.25, 0.3) is 6.08 Å². The molecule has 0 aliphatic carbocycles. The maximum atomic E-state index is 12.6. The average molecular weight is 617 g/mol. The van der Waals surface area contributed by atoms with Gasteiger partial charge in [0, 0.05) is 6.08 Å². The van der Waals surface area contributed by atoms with Gasteiger partial charge in [-0.25, -0.2) is 4.79 Å². The van der Waals surface area contributed by atoms with Crippen molar-refractivity contribution < 1.29 is 43.8 Å². The Morgan fingerprint density at radius 2 is 1.51 bits per heavy atom. The minimum atomic E-state index is -1.54. The zero-order valence-corrected chi connectivity index (χ0v) is 25.2. The van der Waals surface area contributed by atoms with Crippen molar-refractivity contribution >= 4 is 12.0 Å². The molecule has 9 nitrogen and oxygen atoms in total. The van der Waals surface area contributed by atoms with Gasteiger partial charge in [-0.1, -0.05) is 91.0 Å². The number of rotatable bonds is 15. The zero-order valence-electron chi connectivity index (χ0n) is 25.2. The molecule has 0 radical (unpaired) electrons. The van der Waals surface area contributed by atoms with Crippen LogP contribution in [0.2, 0.25) is 0 Å². The summed E-state index contributed by atoms with van der Waals surface area (Å²) >= 11 is 0. The van der Waals surface area contributed by atoms with E-state index in [1.165, 1.54) is 6.08 Å². The van der Waals surface area contributed by atoms with Gasteiger partial charge in [0.25, 0.3) is 0 Å². The van der Waals surface area contributed by atoms with Crippen LogP contribution < -0.4 is 9.47 Å². The van der Waals surface area contributed by atoms with Crippen LogP contribution in [0, 0.1) is 0 Å². The van der Waals surface area contributed by atoms with E-state index >= 15 is 0 Å². The molecule has 3 N–H and O–H groups in total. The predicted octanol–water partition coefficient (Wildman–Crippen LogP) is 4.75. The third kappa shape index (κ3) is 10.1. The van der Waals surface area contributed by atoms with Crippen LogP contribution >= 0.6 is 0 Å². The molecule has 0 saturated carbocycles. The Balaban J connectivity index is 1.36.